The molecule has 0 spiro atoms. The number of hydrogen-bond acceptors (Lipinski definition) is 4. The smallest absolute Gasteiger partial charge is 0.217 e. The van der Waals surface area contributed by atoms with Crippen molar-refractivity contribution in [2.75, 3.05) is 7.05 Å². The molecule has 0 unspecified atom stereocenters. The first-order chi connectivity index (χ1) is 11.0. The van der Waals surface area contributed by atoms with Gasteiger partial charge in [0.25, 0.3) is 0 Å². The Hall–Kier alpha value is -1.70. The molecule has 0 bridgehead atoms. The first-order valence-corrected chi connectivity index (χ1v) is 8.38. The number of aromatic nitrogens is 3. The van der Waals surface area contributed by atoms with E-state index in [2.05, 4.69) is 50.0 Å². The number of nitrogens with zero attached hydrogens (tertiary/aromatic N) is 3. The lowest BCUT2D eigenvalue weighted by atomic mass is 10.1. The molecule has 0 amide bonds. The molecule has 1 N–H and O–H groups in total. The van der Waals surface area contributed by atoms with E-state index < -0.39 is 0 Å². The Balaban J connectivity index is 1.73. The first kappa shape index (κ1) is 16.2. The van der Waals surface area contributed by atoms with Crippen molar-refractivity contribution in [1.29, 1.82) is 0 Å². The Morgan fingerprint density at radius 1 is 1.26 bits per heavy atom. The van der Waals surface area contributed by atoms with Crippen LogP contribution in [0.5, 0.6) is 0 Å². The summed E-state index contributed by atoms with van der Waals surface area (Å²) >= 11 is 8.66. The molecule has 120 valence electrons. The van der Waals surface area contributed by atoms with Crippen LogP contribution >= 0.6 is 28.1 Å². The summed E-state index contributed by atoms with van der Waals surface area (Å²) in [6.07, 6.45) is 0. The lowest BCUT2D eigenvalue weighted by Gasteiger charge is -2.15. The van der Waals surface area contributed by atoms with E-state index in [1.165, 1.54) is 5.56 Å². The maximum Gasteiger partial charge on any atom is 0.217 e. The molecule has 3 aromatic rings. The molecule has 0 saturated carbocycles. The molecule has 0 atom stereocenters. The zero-order valence-electron chi connectivity index (χ0n) is 12.9. The lowest BCUT2D eigenvalue weighted by Crippen LogP contribution is -2.22. The molecule has 0 fully saturated rings. The summed E-state index contributed by atoms with van der Waals surface area (Å²) in [6, 6.07) is 12.0. The van der Waals surface area contributed by atoms with Crippen molar-refractivity contribution in [2.45, 2.75) is 20.1 Å². The standard InChI is InChI=1S/C16H17BrN4OS/c1-11-3-5-12(6-4-11)15-18-16(23)21(19-15)10-20(2)9-13-7-8-14(17)22-13/h3-8H,9-10H2,1-2H3,(H,18,19,23). The molecule has 0 aliphatic rings. The molecule has 0 saturated heterocycles. The second-order valence-corrected chi connectivity index (χ2v) is 6.66. The van der Waals surface area contributed by atoms with Gasteiger partial charge >= 0.3 is 0 Å². The number of aromatic amines is 1. The predicted molar refractivity (Wildman–Crippen MR) is 95.5 cm³/mol. The van der Waals surface area contributed by atoms with Crippen LogP contribution in [0.15, 0.2) is 45.5 Å². The molecule has 2 aromatic heterocycles. The van der Waals surface area contributed by atoms with Crippen molar-refractivity contribution in [3.8, 4) is 11.4 Å². The highest BCUT2D eigenvalue weighted by Gasteiger charge is 2.09. The Labute approximate surface area is 148 Å². The van der Waals surface area contributed by atoms with Crippen molar-refractivity contribution in [3.05, 3.63) is 57.2 Å². The van der Waals surface area contributed by atoms with Crippen molar-refractivity contribution in [2.24, 2.45) is 0 Å². The number of halogens is 1. The lowest BCUT2D eigenvalue weighted by molar-refractivity contribution is 0.225. The fourth-order valence-electron chi connectivity index (χ4n) is 2.29. The summed E-state index contributed by atoms with van der Waals surface area (Å²) in [5.41, 5.74) is 2.24. The van der Waals surface area contributed by atoms with Crippen molar-refractivity contribution in [3.63, 3.8) is 0 Å². The van der Waals surface area contributed by atoms with E-state index in [-0.39, 0.29) is 0 Å². The van der Waals surface area contributed by atoms with Gasteiger partial charge in [0.15, 0.2) is 10.5 Å². The molecule has 0 aliphatic carbocycles. The van der Waals surface area contributed by atoms with E-state index in [1.54, 1.807) is 0 Å². The zero-order chi connectivity index (χ0) is 16.4. The van der Waals surface area contributed by atoms with Gasteiger partial charge in [0.2, 0.25) is 4.77 Å². The van der Waals surface area contributed by atoms with Gasteiger partial charge in [0.1, 0.15) is 5.76 Å². The molecule has 7 heteroatoms. The Bertz CT molecular complexity index is 850. The fourth-order valence-corrected chi connectivity index (χ4v) is 2.82. The number of rotatable bonds is 5. The molecule has 3 rings (SSSR count). The van der Waals surface area contributed by atoms with Gasteiger partial charge in [-0.25, -0.2) is 4.68 Å². The average molecular weight is 393 g/mol. The van der Waals surface area contributed by atoms with Crippen LogP contribution in [0.1, 0.15) is 11.3 Å². The third-order valence-electron chi connectivity index (χ3n) is 3.44. The molecule has 2 heterocycles. The number of aryl methyl sites for hydroxylation is 1. The molecule has 0 radical (unpaired) electrons. The summed E-state index contributed by atoms with van der Waals surface area (Å²) in [5, 5.41) is 3.26. The van der Waals surface area contributed by atoms with E-state index in [4.69, 9.17) is 16.6 Å². The molecule has 5 nitrogen and oxygen atoms in total. The van der Waals surface area contributed by atoms with Crippen molar-refractivity contribution < 1.29 is 4.42 Å². The normalized spacial score (nSPS) is 11.3. The highest BCUT2D eigenvalue weighted by atomic mass is 79.9. The Kier molecular flexibility index (Phi) is 4.79. The third-order valence-corrected chi connectivity index (χ3v) is 4.18. The van der Waals surface area contributed by atoms with Crippen LogP contribution < -0.4 is 0 Å². The van der Waals surface area contributed by atoms with E-state index in [0.29, 0.717) is 18.0 Å². The van der Waals surface area contributed by atoms with Gasteiger partial charge in [0, 0.05) is 5.56 Å². The van der Waals surface area contributed by atoms with Crippen molar-refractivity contribution >= 4 is 28.1 Å². The Morgan fingerprint density at radius 2 is 2.00 bits per heavy atom. The zero-order valence-corrected chi connectivity index (χ0v) is 15.3. The summed E-state index contributed by atoms with van der Waals surface area (Å²) in [4.78, 5) is 6.53. The number of hydrogen-bond donors (Lipinski definition) is 1. The summed E-state index contributed by atoms with van der Waals surface area (Å²) in [7, 11) is 2.00. The molecule has 0 aliphatic heterocycles. The van der Waals surface area contributed by atoms with Crippen LogP contribution in [-0.2, 0) is 13.2 Å². The second-order valence-electron chi connectivity index (χ2n) is 5.51. The number of H-pyrrole nitrogens is 1. The quantitative estimate of drug-likeness (QED) is 0.655. The van der Waals surface area contributed by atoms with Crippen LogP contribution in [0, 0.1) is 11.7 Å². The van der Waals surface area contributed by atoms with E-state index in [1.807, 2.05) is 36.0 Å². The highest BCUT2D eigenvalue weighted by Crippen LogP contribution is 2.17. The van der Waals surface area contributed by atoms with Gasteiger partial charge in [-0.1, -0.05) is 29.8 Å². The number of nitrogens with one attached hydrogen (secondary N) is 1. The minimum absolute atomic E-state index is 0.535. The van der Waals surface area contributed by atoms with Crippen LogP contribution in [0.2, 0.25) is 0 Å². The van der Waals surface area contributed by atoms with Crippen LogP contribution in [0.3, 0.4) is 0 Å². The average Bonchev–Trinajstić information content (AvgIpc) is 3.06. The molecule has 1 aromatic carbocycles. The van der Waals surface area contributed by atoms with Gasteiger partial charge in [-0.3, -0.25) is 10.00 Å². The van der Waals surface area contributed by atoms with Gasteiger partial charge in [-0.05, 0) is 54.3 Å². The summed E-state index contributed by atoms with van der Waals surface area (Å²) in [5.74, 6) is 1.67. The molecular formula is C16H17BrN4OS. The van der Waals surface area contributed by atoms with Gasteiger partial charge in [-0.15, -0.1) is 0 Å². The Morgan fingerprint density at radius 3 is 2.65 bits per heavy atom. The van der Waals surface area contributed by atoms with Gasteiger partial charge < -0.3 is 4.42 Å². The molecular weight excluding hydrogens is 376 g/mol. The summed E-state index contributed by atoms with van der Waals surface area (Å²) < 4.78 is 8.64. The highest BCUT2D eigenvalue weighted by molar-refractivity contribution is 9.10. The summed E-state index contributed by atoms with van der Waals surface area (Å²) in [6.45, 7) is 3.36. The predicted octanol–water partition coefficient (Wildman–Crippen LogP) is 4.36. The van der Waals surface area contributed by atoms with Crippen LogP contribution in [-0.4, -0.2) is 26.7 Å². The second kappa shape index (κ2) is 6.82. The van der Waals surface area contributed by atoms with Gasteiger partial charge in [0.05, 0.1) is 13.2 Å². The van der Waals surface area contributed by atoms with Gasteiger partial charge in [-0.2, -0.15) is 4.98 Å². The minimum Gasteiger partial charge on any atom is -0.453 e. The van der Waals surface area contributed by atoms with Crippen LogP contribution in [0.25, 0.3) is 11.4 Å². The number of furan rings is 1. The van der Waals surface area contributed by atoms with Crippen LogP contribution in [0.4, 0.5) is 0 Å². The SMILES string of the molecule is Cc1ccc(-c2nc(=S)n(CN(C)Cc3ccc(Br)o3)[nH]2)cc1. The molecule has 23 heavy (non-hydrogen) atoms. The maximum absolute atomic E-state index is 5.52. The maximum atomic E-state index is 5.52. The fraction of sp³-hybridized carbons (Fsp3) is 0.250. The largest absolute Gasteiger partial charge is 0.453 e. The topological polar surface area (TPSA) is 50.0 Å². The van der Waals surface area contributed by atoms with E-state index >= 15 is 0 Å². The third kappa shape index (κ3) is 3.99. The van der Waals surface area contributed by atoms with E-state index in [9.17, 15) is 0 Å². The monoisotopic (exact) mass is 392 g/mol. The van der Waals surface area contributed by atoms with E-state index in [0.717, 1.165) is 21.8 Å². The number of benzene rings is 1. The minimum atomic E-state index is 0.535. The van der Waals surface area contributed by atoms with Crippen molar-refractivity contribution in [1.82, 2.24) is 19.7 Å². The first-order valence-electron chi connectivity index (χ1n) is 7.18.